The molecule has 1 aliphatic rings. The summed E-state index contributed by atoms with van der Waals surface area (Å²) in [5.41, 5.74) is 0. The minimum absolute atomic E-state index is 0.0255. The topological polar surface area (TPSA) is 49.4 Å². The molecule has 0 aromatic carbocycles. The van der Waals surface area contributed by atoms with Crippen molar-refractivity contribution < 1.29 is 9.59 Å². The number of hydrogen-bond acceptors (Lipinski definition) is 2. The van der Waals surface area contributed by atoms with Crippen LogP contribution < -0.4 is 5.32 Å². The quantitative estimate of drug-likeness (QED) is 0.772. The molecule has 4 nitrogen and oxygen atoms in total. The molecule has 0 saturated carbocycles. The van der Waals surface area contributed by atoms with E-state index in [1.54, 1.807) is 0 Å². The molecule has 1 N–H and O–H groups in total. The molecule has 1 heterocycles. The van der Waals surface area contributed by atoms with Crippen molar-refractivity contribution in [2.45, 2.75) is 40.2 Å². The summed E-state index contributed by atoms with van der Waals surface area (Å²) in [6, 6.07) is -0.317. The van der Waals surface area contributed by atoms with Crippen LogP contribution in [0.15, 0.2) is 0 Å². The van der Waals surface area contributed by atoms with E-state index in [0.717, 1.165) is 6.42 Å². The maximum atomic E-state index is 12.0. The third kappa shape index (κ3) is 2.70. The molecule has 1 fully saturated rings. The normalized spacial score (nSPS) is 22.5. The van der Waals surface area contributed by atoms with Crippen molar-refractivity contribution >= 4 is 11.9 Å². The highest BCUT2D eigenvalue weighted by Crippen LogP contribution is 2.19. The zero-order valence-electron chi connectivity index (χ0n) is 9.91. The molecule has 0 bridgehead atoms. The lowest BCUT2D eigenvalue weighted by atomic mass is 9.94. The first-order chi connectivity index (χ1) is 6.93. The standard InChI is InChI=1S/C11H20N2O2/c1-7(2)5-9-6-12-11(15)13(8(3)4)10(9)14/h7-9H,5-6H2,1-4H3,(H,12,15). The third-order valence-corrected chi connectivity index (χ3v) is 2.58. The number of nitrogens with one attached hydrogen (secondary N) is 1. The Bertz CT molecular complexity index is 261. The van der Waals surface area contributed by atoms with Gasteiger partial charge in [0.1, 0.15) is 0 Å². The Hall–Kier alpha value is -1.06. The van der Waals surface area contributed by atoms with E-state index in [9.17, 15) is 9.59 Å². The molecule has 15 heavy (non-hydrogen) atoms. The fourth-order valence-corrected chi connectivity index (χ4v) is 1.92. The van der Waals surface area contributed by atoms with Crippen LogP contribution >= 0.6 is 0 Å². The second-order valence-corrected chi connectivity index (χ2v) is 4.81. The Morgan fingerprint density at radius 1 is 1.33 bits per heavy atom. The molecular formula is C11H20N2O2. The largest absolute Gasteiger partial charge is 0.337 e. The van der Waals surface area contributed by atoms with Crippen molar-refractivity contribution in [3.05, 3.63) is 0 Å². The lowest BCUT2D eigenvalue weighted by Gasteiger charge is -2.34. The second-order valence-electron chi connectivity index (χ2n) is 4.81. The van der Waals surface area contributed by atoms with Crippen LogP contribution in [0.2, 0.25) is 0 Å². The van der Waals surface area contributed by atoms with Gasteiger partial charge < -0.3 is 5.32 Å². The molecule has 1 rings (SSSR count). The Balaban J connectivity index is 2.72. The van der Waals surface area contributed by atoms with Gasteiger partial charge in [-0.1, -0.05) is 13.8 Å². The number of nitrogens with zero attached hydrogens (tertiary/aromatic N) is 1. The second kappa shape index (κ2) is 4.64. The maximum absolute atomic E-state index is 12.0. The Labute approximate surface area is 91.0 Å². The molecule has 3 amide bonds. The third-order valence-electron chi connectivity index (χ3n) is 2.58. The van der Waals surface area contributed by atoms with Gasteiger partial charge in [-0.25, -0.2) is 4.79 Å². The van der Waals surface area contributed by atoms with Gasteiger partial charge in [-0.2, -0.15) is 0 Å². The molecule has 1 aliphatic heterocycles. The van der Waals surface area contributed by atoms with E-state index in [0.29, 0.717) is 12.5 Å². The van der Waals surface area contributed by atoms with E-state index in [1.165, 1.54) is 4.90 Å². The number of rotatable bonds is 3. The monoisotopic (exact) mass is 212 g/mol. The first-order valence-electron chi connectivity index (χ1n) is 5.54. The van der Waals surface area contributed by atoms with Gasteiger partial charge in [0.2, 0.25) is 5.91 Å². The lowest BCUT2D eigenvalue weighted by molar-refractivity contribution is -0.135. The van der Waals surface area contributed by atoms with Gasteiger partial charge >= 0.3 is 6.03 Å². The first kappa shape index (κ1) is 12.0. The highest BCUT2D eigenvalue weighted by Gasteiger charge is 2.35. The SMILES string of the molecule is CC(C)CC1CNC(=O)N(C(C)C)C1=O. The van der Waals surface area contributed by atoms with Crippen LogP contribution in [0.3, 0.4) is 0 Å². The maximum Gasteiger partial charge on any atom is 0.324 e. The van der Waals surface area contributed by atoms with Crippen LogP contribution in [0.5, 0.6) is 0 Å². The number of hydrogen-bond donors (Lipinski definition) is 1. The summed E-state index contributed by atoms with van der Waals surface area (Å²) in [6.45, 7) is 8.37. The first-order valence-corrected chi connectivity index (χ1v) is 5.54. The fraction of sp³-hybridized carbons (Fsp3) is 0.818. The molecule has 4 heteroatoms. The number of imide groups is 1. The van der Waals surface area contributed by atoms with Crippen LogP contribution in [0, 0.1) is 11.8 Å². The van der Waals surface area contributed by atoms with E-state index in [1.807, 2.05) is 13.8 Å². The van der Waals surface area contributed by atoms with Crippen LogP contribution in [0.1, 0.15) is 34.1 Å². The molecule has 0 aliphatic carbocycles. The van der Waals surface area contributed by atoms with E-state index >= 15 is 0 Å². The van der Waals surface area contributed by atoms with Crippen molar-refractivity contribution in [1.29, 1.82) is 0 Å². The summed E-state index contributed by atoms with van der Waals surface area (Å²) < 4.78 is 0. The molecule has 86 valence electrons. The Morgan fingerprint density at radius 2 is 1.93 bits per heavy atom. The van der Waals surface area contributed by atoms with E-state index in [4.69, 9.17) is 0 Å². The van der Waals surface area contributed by atoms with Crippen LogP contribution in [-0.2, 0) is 4.79 Å². The Morgan fingerprint density at radius 3 is 2.40 bits per heavy atom. The van der Waals surface area contributed by atoms with Crippen molar-refractivity contribution in [1.82, 2.24) is 10.2 Å². The fourth-order valence-electron chi connectivity index (χ4n) is 1.92. The zero-order valence-corrected chi connectivity index (χ0v) is 9.91. The van der Waals surface area contributed by atoms with Crippen molar-refractivity contribution in [2.24, 2.45) is 11.8 Å². The van der Waals surface area contributed by atoms with Crippen molar-refractivity contribution in [3.63, 3.8) is 0 Å². The summed E-state index contributed by atoms with van der Waals surface area (Å²) >= 11 is 0. The lowest BCUT2D eigenvalue weighted by Crippen LogP contribution is -2.57. The molecule has 0 aromatic rings. The molecule has 0 radical (unpaired) electrons. The van der Waals surface area contributed by atoms with Crippen molar-refractivity contribution in [2.75, 3.05) is 6.54 Å². The van der Waals surface area contributed by atoms with E-state index in [-0.39, 0.29) is 23.9 Å². The minimum Gasteiger partial charge on any atom is -0.337 e. The predicted molar refractivity (Wildman–Crippen MR) is 58.3 cm³/mol. The average molecular weight is 212 g/mol. The minimum atomic E-state index is -0.255. The summed E-state index contributed by atoms with van der Waals surface area (Å²) in [4.78, 5) is 24.8. The number of urea groups is 1. The highest BCUT2D eigenvalue weighted by atomic mass is 16.2. The highest BCUT2D eigenvalue weighted by molar-refractivity contribution is 5.98. The van der Waals surface area contributed by atoms with Crippen LogP contribution in [0.25, 0.3) is 0 Å². The Kier molecular flexibility index (Phi) is 3.72. The van der Waals surface area contributed by atoms with Gasteiger partial charge in [0, 0.05) is 12.6 Å². The summed E-state index contributed by atoms with van der Waals surface area (Å²) in [7, 11) is 0. The van der Waals surface area contributed by atoms with Crippen molar-refractivity contribution in [3.8, 4) is 0 Å². The average Bonchev–Trinajstić information content (AvgIpc) is 2.09. The van der Waals surface area contributed by atoms with Gasteiger partial charge in [-0.15, -0.1) is 0 Å². The summed E-state index contributed by atoms with van der Waals surface area (Å²) in [5.74, 6) is 0.399. The molecule has 1 atom stereocenters. The van der Waals surface area contributed by atoms with E-state index in [2.05, 4.69) is 19.2 Å². The van der Waals surface area contributed by atoms with Gasteiger partial charge in [0.15, 0.2) is 0 Å². The predicted octanol–water partition coefficient (Wildman–Crippen LogP) is 1.61. The number of carbonyl (C=O) groups is 2. The van der Waals surface area contributed by atoms with Crippen LogP contribution in [0.4, 0.5) is 4.79 Å². The van der Waals surface area contributed by atoms with Gasteiger partial charge in [0.05, 0.1) is 5.92 Å². The molecule has 1 unspecified atom stereocenters. The molecule has 0 spiro atoms. The van der Waals surface area contributed by atoms with Crippen LogP contribution in [-0.4, -0.2) is 29.4 Å². The van der Waals surface area contributed by atoms with Gasteiger partial charge in [0.25, 0.3) is 0 Å². The van der Waals surface area contributed by atoms with E-state index < -0.39 is 0 Å². The van der Waals surface area contributed by atoms with Gasteiger partial charge in [-0.3, -0.25) is 9.69 Å². The molecular weight excluding hydrogens is 192 g/mol. The molecule has 1 saturated heterocycles. The smallest absolute Gasteiger partial charge is 0.324 e. The number of amides is 3. The summed E-state index contributed by atoms with van der Waals surface area (Å²) in [6.07, 6.45) is 0.836. The zero-order chi connectivity index (χ0) is 11.6. The number of carbonyl (C=O) groups excluding carboxylic acids is 2. The summed E-state index contributed by atoms with van der Waals surface area (Å²) in [5, 5.41) is 2.77. The molecule has 0 aromatic heterocycles. The van der Waals surface area contributed by atoms with Gasteiger partial charge in [-0.05, 0) is 26.2 Å².